The molecule has 0 aliphatic heterocycles. The van der Waals surface area contributed by atoms with E-state index in [9.17, 15) is 42.7 Å². The minimum Gasteiger partial charge on any atom is -0.375 e. The first-order chi connectivity index (χ1) is 28.6. The standard InChI is InChI=1S/C17H20I.2C10H6F2N.2C5H10.2CH4.2CH3.F6P.Ti/c1-13(2)12-15-6-10-17(11-7-15)18-16-8-4-14(3)5-9-16;2*11-8-3-4-10(9(12)7-8)13-5-1-2-6-13;2*1-2-4-5-3-1;;;;;1-7(2,3,4,5)6;/h4-11,13H,12H2,1-3H3;2*1-6H;2*1-5H2;2*1H4;2*1H3;;/q+1;2*-1;;;;;3*-1;+4. The summed E-state index contributed by atoms with van der Waals surface area (Å²) in [5.74, 6) is -2.00. The maximum atomic E-state index is 13.1. The molecule has 366 valence electrons. The summed E-state index contributed by atoms with van der Waals surface area (Å²) in [5.41, 5.74) is 3.40. The summed E-state index contributed by atoms with van der Waals surface area (Å²) in [7, 11) is -10.7. The molecular formula is C51H66F10IN2PTi. The van der Waals surface area contributed by atoms with Gasteiger partial charge in [0.2, 0.25) is 0 Å². The third kappa shape index (κ3) is 31.6. The van der Waals surface area contributed by atoms with E-state index in [-0.39, 0.29) is 72.6 Å². The van der Waals surface area contributed by atoms with Crippen LogP contribution in [0.15, 0.2) is 122 Å². The van der Waals surface area contributed by atoms with Gasteiger partial charge in [0, 0.05) is 23.3 Å². The minimum atomic E-state index is -10.7. The van der Waals surface area contributed by atoms with E-state index in [1.165, 1.54) is 113 Å². The predicted octanol–water partition coefficient (Wildman–Crippen LogP) is 15.9. The summed E-state index contributed by atoms with van der Waals surface area (Å²) in [4.78, 5) is 0. The summed E-state index contributed by atoms with van der Waals surface area (Å²) in [6.45, 7) is 6.68. The molecule has 2 heterocycles. The Bertz CT molecular complexity index is 2000. The van der Waals surface area contributed by atoms with E-state index in [1.54, 1.807) is 58.2 Å². The zero-order valence-electron chi connectivity index (χ0n) is 36.9. The number of halogens is 11. The molecule has 2 saturated carbocycles. The largest absolute Gasteiger partial charge is 4.00 e. The Labute approximate surface area is 414 Å². The Morgan fingerprint density at radius 1 is 0.515 bits per heavy atom. The van der Waals surface area contributed by atoms with Gasteiger partial charge < -0.3 is 24.0 Å². The first-order valence-corrected chi connectivity index (χ1v) is 24.2. The number of hydrogen-bond acceptors (Lipinski definition) is 0. The smallest absolute Gasteiger partial charge is 0.375 e. The molecule has 66 heavy (non-hydrogen) atoms. The van der Waals surface area contributed by atoms with Crippen molar-refractivity contribution in [2.75, 3.05) is 0 Å². The van der Waals surface area contributed by atoms with Gasteiger partial charge in [0.25, 0.3) is 0 Å². The Kier molecular flexibility index (Phi) is 32.0. The molecule has 0 unspecified atom stereocenters. The molecule has 0 atom stereocenters. The molecule has 2 nitrogen and oxygen atoms in total. The van der Waals surface area contributed by atoms with E-state index in [2.05, 4.69) is 69.3 Å². The van der Waals surface area contributed by atoms with Crippen molar-refractivity contribution in [2.45, 2.75) is 106 Å². The third-order valence-corrected chi connectivity index (χ3v) is 11.4. The molecule has 0 saturated heterocycles. The van der Waals surface area contributed by atoms with Crippen molar-refractivity contribution < 1.29 is 85.7 Å². The van der Waals surface area contributed by atoms with Crippen LogP contribution in [0.4, 0.5) is 42.7 Å². The molecule has 2 fully saturated rings. The van der Waals surface area contributed by atoms with Crippen molar-refractivity contribution in [1.29, 1.82) is 0 Å². The number of aryl methyl sites for hydroxylation is 1. The van der Waals surface area contributed by atoms with E-state index < -0.39 is 31.1 Å². The van der Waals surface area contributed by atoms with Crippen molar-refractivity contribution in [1.82, 2.24) is 9.13 Å². The molecule has 0 N–H and O–H groups in total. The van der Waals surface area contributed by atoms with Crippen molar-refractivity contribution >= 4 is 7.81 Å². The van der Waals surface area contributed by atoms with E-state index in [0.29, 0.717) is 11.4 Å². The summed E-state index contributed by atoms with van der Waals surface area (Å²) >= 11 is -0.0179. The van der Waals surface area contributed by atoms with Gasteiger partial charge in [0.15, 0.2) is 7.14 Å². The molecule has 4 aromatic carbocycles. The van der Waals surface area contributed by atoms with Crippen molar-refractivity contribution in [3.8, 4) is 11.4 Å². The molecule has 2 aliphatic carbocycles. The summed E-state index contributed by atoms with van der Waals surface area (Å²) in [6.07, 6.45) is 22.9. The Morgan fingerprint density at radius 3 is 1.08 bits per heavy atom. The summed E-state index contributed by atoms with van der Waals surface area (Å²) in [6, 6.07) is 34.3. The molecule has 0 radical (unpaired) electrons. The normalized spacial score (nSPS) is 13.1. The fourth-order valence-corrected chi connectivity index (χ4v) is 8.06. The quantitative estimate of drug-likeness (QED) is 0.0517. The van der Waals surface area contributed by atoms with Crippen LogP contribution in [0.1, 0.15) is 104 Å². The van der Waals surface area contributed by atoms with Gasteiger partial charge in [0.05, 0.1) is 0 Å². The fraction of sp³-hybridized carbons (Fsp3) is 0.333. The van der Waals surface area contributed by atoms with Crippen molar-refractivity contribution in [2.24, 2.45) is 5.92 Å². The molecule has 2 aromatic heterocycles. The van der Waals surface area contributed by atoms with E-state index in [1.807, 2.05) is 12.1 Å². The number of hydrogen-bond donors (Lipinski definition) is 0. The maximum absolute atomic E-state index is 13.1. The Hall–Kier alpha value is -3.39. The number of rotatable bonds is 6. The SMILES string of the molecule is C.C.C1CCCC1.C1CCCC1.Cc1ccc([I+]c2ccc(CC(C)C)cc2)cc1.F[P-](F)(F)(F)(F)F.Fc1[c-]c(F)c(-n2cccc2)cc1.Fc1[c-]c(F)c(-n2cccc2)cc1.[CH3-].[CH3-].[Ti+4]. The zero-order chi connectivity index (χ0) is 45.0. The van der Waals surface area contributed by atoms with E-state index in [4.69, 9.17) is 0 Å². The molecule has 0 amide bonds. The molecule has 2 aliphatic rings. The molecule has 8 rings (SSSR count). The maximum Gasteiger partial charge on any atom is 4.00 e. The van der Waals surface area contributed by atoms with E-state index >= 15 is 0 Å². The van der Waals surface area contributed by atoms with Crippen LogP contribution < -0.4 is 21.2 Å². The molecular weight excluding hydrogens is 1040 g/mol. The van der Waals surface area contributed by atoms with Gasteiger partial charge in [-0.3, -0.25) is 0 Å². The summed E-state index contributed by atoms with van der Waals surface area (Å²) in [5, 5.41) is 0. The average Bonchev–Trinajstić information content (AvgIpc) is 4.02. The predicted molar refractivity (Wildman–Crippen MR) is 249 cm³/mol. The van der Waals surface area contributed by atoms with Gasteiger partial charge in [-0.05, 0) is 110 Å². The molecule has 0 spiro atoms. The van der Waals surface area contributed by atoms with Gasteiger partial charge in [-0.25, -0.2) is 17.6 Å². The second kappa shape index (κ2) is 31.6. The first kappa shape index (κ1) is 66.9. The van der Waals surface area contributed by atoms with Crippen LogP contribution in [0.2, 0.25) is 0 Å². The average molecular weight is 1100 g/mol. The minimum absolute atomic E-state index is 0. The van der Waals surface area contributed by atoms with Crippen molar-refractivity contribution in [3.63, 3.8) is 0 Å². The van der Waals surface area contributed by atoms with Crippen LogP contribution in [0.5, 0.6) is 0 Å². The second-order valence-corrected chi connectivity index (χ2v) is 19.7. The fourth-order valence-electron chi connectivity index (χ4n) is 5.91. The van der Waals surface area contributed by atoms with E-state index in [0.717, 1.165) is 5.92 Å². The van der Waals surface area contributed by atoms with Crippen LogP contribution in [0.25, 0.3) is 11.4 Å². The van der Waals surface area contributed by atoms with Gasteiger partial charge >= 0.3 is 75.9 Å². The van der Waals surface area contributed by atoms with Gasteiger partial charge in [-0.1, -0.05) is 123 Å². The van der Waals surface area contributed by atoms with Crippen LogP contribution >= 0.6 is 7.81 Å². The zero-order valence-corrected chi connectivity index (χ0v) is 41.5. The first-order valence-electron chi connectivity index (χ1n) is 20.0. The van der Waals surface area contributed by atoms with Gasteiger partial charge in [0.1, 0.15) is 0 Å². The van der Waals surface area contributed by atoms with Crippen LogP contribution in [-0.2, 0) is 28.1 Å². The summed E-state index contributed by atoms with van der Waals surface area (Å²) < 4.78 is 116. The number of benzene rings is 4. The van der Waals surface area contributed by atoms with Crippen molar-refractivity contribution in [3.05, 3.63) is 190 Å². The molecule has 0 bridgehead atoms. The number of nitrogens with zero attached hydrogens (tertiary/aromatic N) is 2. The van der Waals surface area contributed by atoms with Crippen LogP contribution in [0.3, 0.4) is 0 Å². The second-order valence-electron chi connectivity index (χ2n) is 14.8. The Balaban J connectivity index is -0.000000750. The third-order valence-electron chi connectivity index (χ3n) is 8.73. The van der Waals surface area contributed by atoms with Crippen LogP contribution in [0, 0.1) is 70.2 Å². The van der Waals surface area contributed by atoms with Gasteiger partial charge in [-0.15, -0.1) is 36.4 Å². The number of aromatic nitrogens is 2. The topological polar surface area (TPSA) is 9.86 Å². The molecule has 6 aromatic rings. The van der Waals surface area contributed by atoms with Gasteiger partial charge in [-0.2, -0.15) is 0 Å². The molecule has 15 heteroatoms. The Morgan fingerprint density at radius 2 is 0.803 bits per heavy atom. The van der Waals surface area contributed by atoms with Crippen LogP contribution in [-0.4, -0.2) is 9.13 Å². The monoisotopic (exact) mass is 1100 g/mol.